The summed E-state index contributed by atoms with van der Waals surface area (Å²) in [5, 5.41) is 6.81. The van der Waals surface area contributed by atoms with Crippen LogP contribution in [0.3, 0.4) is 0 Å². The van der Waals surface area contributed by atoms with Crippen LogP contribution in [0.2, 0.25) is 5.02 Å². The first-order chi connectivity index (χ1) is 10.8. The molecule has 1 aromatic carbocycles. The monoisotopic (exact) mass is 350 g/mol. The highest BCUT2D eigenvalue weighted by atomic mass is 35.5. The van der Waals surface area contributed by atoms with Crippen molar-refractivity contribution in [2.24, 2.45) is 4.99 Å². The Bertz CT molecular complexity index is 488. The molecule has 0 aliphatic rings. The van der Waals surface area contributed by atoms with Gasteiger partial charge in [0.15, 0.2) is 5.96 Å². The van der Waals surface area contributed by atoms with Gasteiger partial charge < -0.3 is 10.6 Å². The van der Waals surface area contributed by atoms with Crippen molar-refractivity contribution in [2.75, 3.05) is 40.3 Å². The molecule has 8 heteroatoms. The van der Waals surface area contributed by atoms with Gasteiger partial charge in [0.25, 0.3) is 0 Å². The molecule has 0 fully saturated rings. The van der Waals surface area contributed by atoms with Gasteiger partial charge in [-0.25, -0.2) is 0 Å². The first-order valence-electron chi connectivity index (χ1n) is 7.24. The molecule has 0 atom stereocenters. The molecule has 0 saturated heterocycles. The average Bonchev–Trinajstić information content (AvgIpc) is 2.45. The third-order valence-corrected chi connectivity index (χ3v) is 3.33. The lowest BCUT2D eigenvalue weighted by Crippen LogP contribution is -2.42. The molecular formula is C15H22ClF3N4. The summed E-state index contributed by atoms with van der Waals surface area (Å²) in [4.78, 5) is 5.25. The predicted molar refractivity (Wildman–Crippen MR) is 88.1 cm³/mol. The van der Waals surface area contributed by atoms with Gasteiger partial charge in [-0.3, -0.25) is 9.89 Å². The number of aliphatic imine (C=N–C) groups is 1. The Morgan fingerprint density at radius 3 is 2.35 bits per heavy atom. The van der Waals surface area contributed by atoms with Crippen LogP contribution in [0.5, 0.6) is 0 Å². The van der Waals surface area contributed by atoms with Gasteiger partial charge in [-0.1, -0.05) is 23.7 Å². The molecule has 1 aromatic rings. The molecule has 0 saturated carbocycles. The molecule has 1 rings (SSSR count). The topological polar surface area (TPSA) is 39.7 Å². The first kappa shape index (κ1) is 19.6. The van der Waals surface area contributed by atoms with E-state index in [2.05, 4.69) is 15.6 Å². The summed E-state index contributed by atoms with van der Waals surface area (Å²) in [5.41, 5.74) is 1.14. The average molecular weight is 351 g/mol. The van der Waals surface area contributed by atoms with Crippen LogP contribution in [-0.2, 0) is 6.42 Å². The van der Waals surface area contributed by atoms with E-state index in [1.54, 1.807) is 7.05 Å². The van der Waals surface area contributed by atoms with E-state index >= 15 is 0 Å². The number of halogens is 4. The van der Waals surface area contributed by atoms with E-state index in [1.165, 1.54) is 11.9 Å². The van der Waals surface area contributed by atoms with Crippen LogP contribution in [0.1, 0.15) is 5.56 Å². The number of alkyl halides is 3. The number of hydrogen-bond donors (Lipinski definition) is 2. The van der Waals surface area contributed by atoms with E-state index in [0.717, 1.165) is 12.0 Å². The molecule has 0 spiro atoms. The first-order valence-corrected chi connectivity index (χ1v) is 7.62. The molecule has 0 amide bonds. The Morgan fingerprint density at radius 2 is 1.78 bits per heavy atom. The molecule has 0 unspecified atom stereocenters. The second kappa shape index (κ2) is 9.62. The van der Waals surface area contributed by atoms with Crippen LogP contribution >= 0.6 is 11.6 Å². The number of hydrogen-bond acceptors (Lipinski definition) is 2. The Kier molecular flexibility index (Phi) is 8.19. The Balaban J connectivity index is 2.23. The normalized spacial score (nSPS) is 12.6. The van der Waals surface area contributed by atoms with E-state index in [9.17, 15) is 13.2 Å². The van der Waals surface area contributed by atoms with E-state index in [-0.39, 0.29) is 6.54 Å². The van der Waals surface area contributed by atoms with Gasteiger partial charge in [0.05, 0.1) is 6.54 Å². The number of nitrogens with one attached hydrogen (secondary N) is 2. The van der Waals surface area contributed by atoms with Crippen LogP contribution in [-0.4, -0.2) is 57.3 Å². The van der Waals surface area contributed by atoms with Gasteiger partial charge in [-0.15, -0.1) is 0 Å². The molecule has 0 heterocycles. The number of guanidine groups is 1. The second-order valence-corrected chi connectivity index (χ2v) is 5.59. The third-order valence-electron chi connectivity index (χ3n) is 3.08. The van der Waals surface area contributed by atoms with Crippen molar-refractivity contribution in [2.45, 2.75) is 12.6 Å². The maximum absolute atomic E-state index is 12.2. The van der Waals surface area contributed by atoms with Gasteiger partial charge in [0.2, 0.25) is 0 Å². The minimum Gasteiger partial charge on any atom is -0.356 e. The maximum atomic E-state index is 12.2. The highest BCUT2D eigenvalue weighted by Gasteiger charge is 2.28. The fraction of sp³-hybridized carbons (Fsp3) is 0.533. The highest BCUT2D eigenvalue weighted by Crippen LogP contribution is 2.15. The van der Waals surface area contributed by atoms with E-state index in [0.29, 0.717) is 24.1 Å². The Hall–Kier alpha value is -1.47. The van der Waals surface area contributed by atoms with Gasteiger partial charge in [-0.05, 0) is 31.2 Å². The summed E-state index contributed by atoms with van der Waals surface area (Å²) in [6.45, 7) is 0.404. The van der Waals surface area contributed by atoms with Crippen molar-refractivity contribution in [1.82, 2.24) is 15.5 Å². The zero-order valence-corrected chi connectivity index (χ0v) is 14.0. The van der Waals surface area contributed by atoms with Crippen molar-refractivity contribution in [3.8, 4) is 0 Å². The van der Waals surface area contributed by atoms with Crippen molar-refractivity contribution in [3.05, 3.63) is 34.9 Å². The Morgan fingerprint density at radius 1 is 1.17 bits per heavy atom. The maximum Gasteiger partial charge on any atom is 0.401 e. The van der Waals surface area contributed by atoms with Gasteiger partial charge in [-0.2, -0.15) is 13.2 Å². The van der Waals surface area contributed by atoms with Crippen LogP contribution < -0.4 is 10.6 Å². The number of benzene rings is 1. The van der Waals surface area contributed by atoms with Crippen LogP contribution in [0, 0.1) is 0 Å². The molecule has 0 aliphatic heterocycles. The lowest BCUT2D eigenvalue weighted by Gasteiger charge is -2.19. The number of likely N-dealkylation sites (N-methyl/N-ethyl adjacent to an activating group) is 1. The smallest absolute Gasteiger partial charge is 0.356 e. The van der Waals surface area contributed by atoms with E-state index in [4.69, 9.17) is 11.6 Å². The third kappa shape index (κ3) is 9.30. The number of nitrogens with zero attached hydrogens (tertiary/aromatic N) is 2. The molecule has 130 valence electrons. The fourth-order valence-electron chi connectivity index (χ4n) is 1.95. The molecule has 2 N–H and O–H groups in total. The zero-order chi connectivity index (χ0) is 17.3. The van der Waals surface area contributed by atoms with Gasteiger partial charge in [0.1, 0.15) is 0 Å². The summed E-state index contributed by atoms with van der Waals surface area (Å²) >= 11 is 5.82. The second-order valence-electron chi connectivity index (χ2n) is 5.16. The van der Waals surface area contributed by atoms with Crippen molar-refractivity contribution in [1.29, 1.82) is 0 Å². The quantitative estimate of drug-likeness (QED) is 0.586. The molecule has 4 nitrogen and oxygen atoms in total. The molecular weight excluding hydrogens is 329 g/mol. The summed E-state index contributed by atoms with van der Waals surface area (Å²) in [6, 6.07) is 7.57. The molecule has 0 radical (unpaired) electrons. The van der Waals surface area contributed by atoms with Crippen LogP contribution in [0.25, 0.3) is 0 Å². The zero-order valence-electron chi connectivity index (χ0n) is 13.3. The highest BCUT2D eigenvalue weighted by molar-refractivity contribution is 6.30. The predicted octanol–water partition coefficient (Wildman–Crippen LogP) is 2.54. The van der Waals surface area contributed by atoms with E-state index < -0.39 is 12.7 Å². The molecule has 0 aliphatic carbocycles. The van der Waals surface area contributed by atoms with Crippen molar-refractivity contribution >= 4 is 17.6 Å². The van der Waals surface area contributed by atoms with Gasteiger partial charge >= 0.3 is 6.18 Å². The summed E-state index contributed by atoms with van der Waals surface area (Å²) in [6.07, 6.45) is -3.38. The summed E-state index contributed by atoms with van der Waals surface area (Å²) in [5.74, 6) is 0.569. The largest absolute Gasteiger partial charge is 0.401 e. The molecule has 23 heavy (non-hydrogen) atoms. The minimum atomic E-state index is -4.17. The minimum absolute atomic E-state index is 0.275. The lowest BCUT2D eigenvalue weighted by molar-refractivity contribution is -0.142. The lowest BCUT2D eigenvalue weighted by atomic mass is 10.1. The standard InChI is InChI=1S/C15H22ClF3N4/c1-20-14(22-9-10-23(2)11-15(17,18)19)21-8-7-12-3-5-13(16)6-4-12/h3-6H,7-11H2,1-2H3,(H2,20,21,22). The summed E-state index contributed by atoms with van der Waals surface area (Å²) in [7, 11) is 3.06. The van der Waals surface area contributed by atoms with Crippen molar-refractivity contribution in [3.63, 3.8) is 0 Å². The number of rotatable bonds is 7. The molecule has 0 bridgehead atoms. The van der Waals surface area contributed by atoms with Crippen LogP contribution in [0.15, 0.2) is 29.3 Å². The fourth-order valence-corrected chi connectivity index (χ4v) is 2.07. The summed E-state index contributed by atoms with van der Waals surface area (Å²) < 4.78 is 36.6. The Labute approximate surface area is 139 Å². The SMILES string of the molecule is CN=C(NCCc1ccc(Cl)cc1)NCCN(C)CC(F)(F)F. The van der Waals surface area contributed by atoms with Crippen LogP contribution in [0.4, 0.5) is 13.2 Å². The van der Waals surface area contributed by atoms with Gasteiger partial charge in [0, 0.05) is 31.7 Å². The van der Waals surface area contributed by atoms with Crippen molar-refractivity contribution < 1.29 is 13.2 Å². The molecule has 0 aromatic heterocycles. The van der Waals surface area contributed by atoms with E-state index in [1.807, 2.05) is 24.3 Å².